The Bertz CT molecular complexity index is 434. The number of nitrogens with one attached hydrogen (secondary N) is 1. The van der Waals surface area contributed by atoms with Gasteiger partial charge in [0.1, 0.15) is 5.82 Å². The molecule has 1 N–H and O–H groups in total. The minimum atomic E-state index is 0.0432. The largest absolute Gasteiger partial charge is 0.363 e. The van der Waals surface area contributed by atoms with Gasteiger partial charge in [-0.15, -0.1) is 0 Å². The SMILES string of the molecule is CNC(=O)C1CCN(c2nccc(N(C)C)n2)C1. The molecule has 0 spiro atoms. The fourth-order valence-corrected chi connectivity index (χ4v) is 2.10. The summed E-state index contributed by atoms with van der Waals surface area (Å²) in [5, 5.41) is 2.69. The maximum Gasteiger partial charge on any atom is 0.227 e. The molecule has 1 amide bonds. The lowest BCUT2D eigenvalue weighted by Crippen LogP contribution is -2.30. The summed E-state index contributed by atoms with van der Waals surface area (Å²) < 4.78 is 0. The van der Waals surface area contributed by atoms with Gasteiger partial charge in [0.2, 0.25) is 11.9 Å². The first-order valence-electron chi connectivity index (χ1n) is 6.08. The number of carbonyl (C=O) groups is 1. The number of hydrogen-bond donors (Lipinski definition) is 1. The summed E-state index contributed by atoms with van der Waals surface area (Å²) in [5.41, 5.74) is 0. The second kappa shape index (κ2) is 5.20. The van der Waals surface area contributed by atoms with Crippen molar-refractivity contribution in [2.75, 3.05) is 44.0 Å². The van der Waals surface area contributed by atoms with E-state index in [0.717, 1.165) is 18.8 Å². The standard InChI is InChI=1S/C12H19N5O/c1-13-11(18)9-5-7-17(8-9)12-14-6-4-10(15-12)16(2)3/h4,6,9H,5,7-8H2,1-3H3,(H,13,18). The van der Waals surface area contributed by atoms with Gasteiger partial charge in [-0.1, -0.05) is 0 Å². The molecule has 6 nitrogen and oxygen atoms in total. The van der Waals surface area contributed by atoms with Crippen molar-refractivity contribution >= 4 is 17.7 Å². The first kappa shape index (κ1) is 12.6. The number of aromatic nitrogens is 2. The Morgan fingerprint density at radius 3 is 3.00 bits per heavy atom. The lowest BCUT2D eigenvalue weighted by atomic mass is 10.1. The second-order valence-corrected chi connectivity index (χ2v) is 4.66. The van der Waals surface area contributed by atoms with Crippen molar-refractivity contribution in [3.05, 3.63) is 12.3 Å². The molecule has 1 aliphatic heterocycles. The zero-order valence-corrected chi connectivity index (χ0v) is 11.1. The Balaban J connectivity index is 2.09. The molecule has 1 fully saturated rings. The highest BCUT2D eigenvalue weighted by Crippen LogP contribution is 2.21. The maximum atomic E-state index is 11.6. The van der Waals surface area contributed by atoms with E-state index in [4.69, 9.17) is 0 Å². The third kappa shape index (κ3) is 2.52. The molecule has 1 aliphatic rings. The molecule has 0 aliphatic carbocycles. The summed E-state index contributed by atoms with van der Waals surface area (Å²) in [6.07, 6.45) is 2.61. The summed E-state index contributed by atoms with van der Waals surface area (Å²) in [4.78, 5) is 24.3. The molecule has 0 saturated carbocycles. The smallest absolute Gasteiger partial charge is 0.227 e. The lowest BCUT2D eigenvalue weighted by molar-refractivity contribution is -0.123. The van der Waals surface area contributed by atoms with Gasteiger partial charge in [0.05, 0.1) is 5.92 Å². The normalized spacial score (nSPS) is 18.8. The topological polar surface area (TPSA) is 61.4 Å². The molecule has 1 saturated heterocycles. The van der Waals surface area contributed by atoms with Gasteiger partial charge < -0.3 is 15.1 Å². The minimum absolute atomic E-state index is 0.0432. The van der Waals surface area contributed by atoms with E-state index in [1.807, 2.05) is 25.1 Å². The van der Waals surface area contributed by atoms with Crippen LogP contribution in [0.2, 0.25) is 0 Å². The van der Waals surface area contributed by atoms with Gasteiger partial charge in [-0.05, 0) is 12.5 Å². The molecule has 2 rings (SSSR count). The van der Waals surface area contributed by atoms with Crippen molar-refractivity contribution in [3.8, 4) is 0 Å². The highest BCUT2D eigenvalue weighted by atomic mass is 16.1. The third-order valence-corrected chi connectivity index (χ3v) is 3.17. The number of amides is 1. The van der Waals surface area contributed by atoms with E-state index >= 15 is 0 Å². The van der Waals surface area contributed by atoms with Gasteiger partial charge in [-0.3, -0.25) is 4.79 Å². The lowest BCUT2D eigenvalue weighted by Gasteiger charge is -2.18. The van der Waals surface area contributed by atoms with E-state index in [0.29, 0.717) is 12.5 Å². The van der Waals surface area contributed by atoms with Crippen molar-refractivity contribution in [2.45, 2.75) is 6.42 Å². The zero-order chi connectivity index (χ0) is 13.1. The third-order valence-electron chi connectivity index (χ3n) is 3.17. The van der Waals surface area contributed by atoms with E-state index in [-0.39, 0.29) is 11.8 Å². The summed E-state index contributed by atoms with van der Waals surface area (Å²) in [6, 6.07) is 1.87. The van der Waals surface area contributed by atoms with Crippen molar-refractivity contribution in [3.63, 3.8) is 0 Å². The van der Waals surface area contributed by atoms with E-state index in [2.05, 4.69) is 20.2 Å². The molecule has 6 heteroatoms. The minimum Gasteiger partial charge on any atom is -0.363 e. The van der Waals surface area contributed by atoms with Gasteiger partial charge in [0, 0.05) is 40.4 Å². The van der Waals surface area contributed by atoms with Crippen LogP contribution >= 0.6 is 0 Å². The van der Waals surface area contributed by atoms with Gasteiger partial charge in [0.25, 0.3) is 0 Å². The summed E-state index contributed by atoms with van der Waals surface area (Å²) >= 11 is 0. The first-order valence-corrected chi connectivity index (χ1v) is 6.08. The van der Waals surface area contributed by atoms with Gasteiger partial charge in [-0.2, -0.15) is 4.98 Å². The Hall–Kier alpha value is -1.85. The predicted molar refractivity (Wildman–Crippen MR) is 70.7 cm³/mol. The van der Waals surface area contributed by atoms with E-state index in [1.165, 1.54) is 0 Å². The number of carbonyl (C=O) groups excluding carboxylic acids is 1. The Morgan fingerprint density at radius 1 is 1.56 bits per heavy atom. The van der Waals surface area contributed by atoms with Crippen LogP contribution in [0.5, 0.6) is 0 Å². The number of nitrogens with zero attached hydrogens (tertiary/aromatic N) is 4. The molecule has 0 aromatic carbocycles. The highest BCUT2D eigenvalue weighted by Gasteiger charge is 2.29. The van der Waals surface area contributed by atoms with Crippen molar-refractivity contribution in [2.24, 2.45) is 5.92 Å². The molecule has 18 heavy (non-hydrogen) atoms. The van der Waals surface area contributed by atoms with Crippen molar-refractivity contribution in [1.29, 1.82) is 0 Å². The average Bonchev–Trinajstić information content (AvgIpc) is 2.87. The number of rotatable bonds is 3. The summed E-state index contributed by atoms with van der Waals surface area (Å²) in [5.74, 6) is 1.72. The first-order chi connectivity index (χ1) is 8.61. The van der Waals surface area contributed by atoms with Crippen LogP contribution in [0.25, 0.3) is 0 Å². The Morgan fingerprint density at radius 2 is 2.33 bits per heavy atom. The van der Waals surface area contributed by atoms with E-state index in [1.54, 1.807) is 13.2 Å². The molecule has 1 atom stereocenters. The van der Waals surface area contributed by atoms with Gasteiger partial charge in [-0.25, -0.2) is 4.98 Å². The van der Waals surface area contributed by atoms with E-state index < -0.39 is 0 Å². The number of hydrogen-bond acceptors (Lipinski definition) is 5. The maximum absolute atomic E-state index is 11.6. The van der Waals surface area contributed by atoms with Gasteiger partial charge >= 0.3 is 0 Å². The van der Waals surface area contributed by atoms with Crippen molar-refractivity contribution in [1.82, 2.24) is 15.3 Å². The van der Waals surface area contributed by atoms with E-state index in [9.17, 15) is 4.79 Å². The molecule has 0 radical (unpaired) electrons. The molecular formula is C12H19N5O. The Kier molecular flexibility index (Phi) is 3.64. The molecule has 0 bridgehead atoms. The second-order valence-electron chi connectivity index (χ2n) is 4.66. The van der Waals surface area contributed by atoms with Crippen molar-refractivity contribution < 1.29 is 4.79 Å². The molecule has 1 aromatic heterocycles. The van der Waals surface area contributed by atoms with Crippen LogP contribution in [0.15, 0.2) is 12.3 Å². The molecule has 98 valence electrons. The monoisotopic (exact) mass is 249 g/mol. The van der Waals surface area contributed by atoms with Crippen LogP contribution in [0.3, 0.4) is 0 Å². The zero-order valence-electron chi connectivity index (χ0n) is 11.1. The van der Waals surface area contributed by atoms with Crippen LogP contribution in [0.1, 0.15) is 6.42 Å². The summed E-state index contributed by atoms with van der Waals surface area (Å²) in [6.45, 7) is 1.52. The predicted octanol–water partition coefficient (Wildman–Crippen LogP) is 0.115. The number of anilines is 2. The van der Waals surface area contributed by atoms with Crippen LogP contribution in [0, 0.1) is 5.92 Å². The van der Waals surface area contributed by atoms with Crippen LogP contribution in [-0.4, -0.2) is 50.1 Å². The van der Waals surface area contributed by atoms with Crippen LogP contribution in [-0.2, 0) is 4.79 Å². The molecular weight excluding hydrogens is 230 g/mol. The summed E-state index contributed by atoms with van der Waals surface area (Å²) in [7, 11) is 5.57. The van der Waals surface area contributed by atoms with Crippen LogP contribution in [0.4, 0.5) is 11.8 Å². The quantitative estimate of drug-likeness (QED) is 0.824. The average molecular weight is 249 g/mol. The fourth-order valence-electron chi connectivity index (χ4n) is 2.10. The fraction of sp³-hybridized carbons (Fsp3) is 0.583. The Labute approximate surface area is 107 Å². The van der Waals surface area contributed by atoms with Gasteiger partial charge in [0.15, 0.2) is 0 Å². The molecule has 2 heterocycles. The molecule has 1 unspecified atom stereocenters. The van der Waals surface area contributed by atoms with Crippen LogP contribution < -0.4 is 15.1 Å². The highest BCUT2D eigenvalue weighted by molar-refractivity contribution is 5.79. The molecule has 1 aromatic rings.